The van der Waals surface area contributed by atoms with Crippen molar-refractivity contribution in [2.45, 2.75) is 6.18 Å². The molecule has 2 N–H and O–H groups in total. The van der Waals surface area contributed by atoms with Crippen LogP contribution in [0.2, 0.25) is 0 Å². The highest BCUT2D eigenvalue weighted by Gasteiger charge is 2.29. The van der Waals surface area contributed by atoms with Gasteiger partial charge in [-0.2, -0.15) is 13.2 Å². The monoisotopic (exact) mass is 316 g/mol. The summed E-state index contributed by atoms with van der Waals surface area (Å²) in [5.74, 6) is -0.578. The van der Waals surface area contributed by atoms with E-state index in [1.54, 1.807) is 24.3 Å². The molecule has 1 amide bonds. The number of benzene rings is 2. The number of alkyl halides is 3. The summed E-state index contributed by atoms with van der Waals surface area (Å²) in [6, 6.07) is 11.6. The normalized spacial score (nSPS) is 11.6. The van der Waals surface area contributed by atoms with Crippen molar-refractivity contribution in [2.24, 2.45) is 5.73 Å². The van der Waals surface area contributed by atoms with E-state index in [0.717, 1.165) is 12.1 Å². The number of primary amides is 1. The number of nitrogens with two attached hydrogens (primary N) is 1. The van der Waals surface area contributed by atoms with E-state index in [1.165, 1.54) is 18.3 Å². The standard InChI is InChI=1S/C17H11F3N2O/c18-17(19,20)13-6-4-10(5-7-13)12-8-11-2-1-3-14(16(21)23)15(11)22-9-12/h1-9H,(H2,21,23). The third kappa shape index (κ3) is 2.88. The molecular formula is C17H11F3N2O. The summed E-state index contributed by atoms with van der Waals surface area (Å²) >= 11 is 0. The quantitative estimate of drug-likeness (QED) is 0.776. The summed E-state index contributed by atoms with van der Waals surface area (Å²) in [7, 11) is 0. The third-order valence-corrected chi connectivity index (χ3v) is 3.52. The summed E-state index contributed by atoms with van der Waals surface area (Å²) in [6.07, 6.45) is -2.85. The number of aromatic nitrogens is 1. The fourth-order valence-corrected chi connectivity index (χ4v) is 2.37. The first-order valence-electron chi connectivity index (χ1n) is 6.72. The van der Waals surface area contributed by atoms with E-state index in [0.29, 0.717) is 27.6 Å². The average molecular weight is 316 g/mol. The maximum atomic E-state index is 12.6. The molecule has 3 aromatic rings. The molecule has 0 radical (unpaired) electrons. The highest BCUT2D eigenvalue weighted by atomic mass is 19.4. The van der Waals surface area contributed by atoms with Crippen LogP contribution in [0.15, 0.2) is 54.7 Å². The second kappa shape index (κ2) is 5.39. The van der Waals surface area contributed by atoms with Crippen LogP contribution < -0.4 is 5.73 Å². The zero-order chi connectivity index (χ0) is 16.6. The van der Waals surface area contributed by atoms with Gasteiger partial charge in [0.1, 0.15) is 0 Å². The zero-order valence-corrected chi connectivity index (χ0v) is 11.8. The number of halogens is 3. The van der Waals surface area contributed by atoms with Crippen molar-refractivity contribution in [3.05, 3.63) is 65.9 Å². The predicted octanol–water partition coefficient (Wildman–Crippen LogP) is 4.02. The van der Waals surface area contributed by atoms with Gasteiger partial charge in [-0.05, 0) is 29.8 Å². The molecule has 0 atom stereocenters. The highest BCUT2D eigenvalue weighted by molar-refractivity contribution is 6.05. The zero-order valence-electron chi connectivity index (χ0n) is 11.8. The van der Waals surface area contributed by atoms with Crippen molar-refractivity contribution in [3.8, 4) is 11.1 Å². The molecule has 0 fully saturated rings. The molecule has 0 unspecified atom stereocenters. The van der Waals surface area contributed by atoms with Crippen LogP contribution in [0.3, 0.4) is 0 Å². The lowest BCUT2D eigenvalue weighted by Gasteiger charge is -2.09. The van der Waals surface area contributed by atoms with Gasteiger partial charge < -0.3 is 5.73 Å². The molecule has 1 aromatic heterocycles. The minimum Gasteiger partial charge on any atom is -0.366 e. The van der Waals surface area contributed by atoms with Crippen molar-refractivity contribution < 1.29 is 18.0 Å². The van der Waals surface area contributed by atoms with Crippen molar-refractivity contribution >= 4 is 16.8 Å². The Morgan fingerprint density at radius 2 is 1.70 bits per heavy atom. The molecule has 0 aliphatic carbocycles. The van der Waals surface area contributed by atoms with E-state index < -0.39 is 17.6 Å². The van der Waals surface area contributed by atoms with Crippen LogP contribution in [-0.2, 0) is 6.18 Å². The first-order chi connectivity index (χ1) is 10.9. The number of pyridine rings is 1. The minimum absolute atomic E-state index is 0.307. The first-order valence-corrected chi connectivity index (χ1v) is 6.72. The smallest absolute Gasteiger partial charge is 0.366 e. The van der Waals surface area contributed by atoms with E-state index in [-0.39, 0.29) is 0 Å². The maximum Gasteiger partial charge on any atom is 0.416 e. The van der Waals surface area contributed by atoms with Gasteiger partial charge in [-0.25, -0.2) is 0 Å². The summed E-state index contributed by atoms with van der Waals surface area (Å²) in [4.78, 5) is 15.6. The SMILES string of the molecule is NC(=O)c1cccc2cc(-c3ccc(C(F)(F)F)cc3)cnc12. The molecule has 0 bridgehead atoms. The van der Waals surface area contributed by atoms with E-state index in [1.807, 2.05) is 0 Å². The van der Waals surface area contributed by atoms with Crippen LogP contribution in [0.1, 0.15) is 15.9 Å². The average Bonchev–Trinajstić information content (AvgIpc) is 2.53. The number of hydrogen-bond donors (Lipinski definition) is 1. The molecule has 2 aromatic carbocycles. The summed E-state index contributed by atoms with van der Waals surface area (Å²) in [6.45, 7) is 0. The fraction of sp³-hybridized carbons (Fsp3) is 0.0588. The van der Waals surface area contributed by atoms with Crippen LogP contribution in [0.25, 0.3) is 22.0 Å². The maximum absolute atomic E-state index is 12.6. The highest BCUT2D eigenvalue weighted by Crippen LogP contribution is 2.31. The van der Waals surface area contributed by atoms with Crippen molar-refractivity contribution in [3.63, 3.8) is 0 Å². The van der Waals surface area contributed by atoms with Crippen LogP contribution in [0, 0.1) is 0 Å². The van der Waals surface area contributed by atoms with E-state index >= 15 is 0 Å². The van der Waals surface area contributed by atoms with Gasteiger partial charge in [-0.15, -0.1) is 0 Å². The van der Waals surface area contributed by atoms with Gasteiger partial charge in [-0.1, -0.05) is 24.3 Å². The number of para-hydroxylation sites is 1. The Labute approximate surface area is 129 Å². The molecule has 0 spiro atoms. The Morgan fingerprint density at radius 3 is 2.30 bits per heavy atom. The molecule has 3 nitrogen and oxygen atoms in total. The van der Waals surface area contributed by atoms with Gasteiger partial charge in [0.25, 0.3) is 5.91 Å². The number of carbonyl (C=O) groups is 1. The number of rotatable bonds is 2. The molecule has 23 heavy (non-hydrogen) atoms. The van der Waals surface area contributed by atoms with Crippen molar-refractivity contribution in [2.75, 3.05) is 0 Å². The number of amides is 1. The van der Waals surface area contributed by atoms with Crippen molar-refractivity contribution in [1.82, 2.24) is 4.98 Å². The molecule has 3 rings (SSSR count). The van der Waals surface area contributed by atoms with Gasteiger partial charge in [0.05, 0.1) is 16.6 Å². The summed E-state index contributed by atoms with van der Waals surface area (Å²) < 4.78 is 37.8. The van der Waals surface area contributed by atoms with Crippen molar-refractivity contribution in [1.29, 1.82) is 0 Å². The minimum atomic E-state index is -4.36. The fourth-order valence-electron chi connectivity index (χ4n) is 2.37. The van der Waals surface area contributed by atoms with Gasteiger partial charge >= 0.3 is 6.18 Å². The van der Waals surface area contributed by atoms with E-state index in [9.17, 15) is 18.0 Å². The molecule has 116 valence electrons. The number of nitrogens with zero attached hydrogens (tertiary/aromatic N) is 1. The van der Waals surface area contributed by atoms with Gasteiger partial charge in [0, 0.05) is 17.1 Å². The van der Waals surface area contributed by atoms with Gasteiger partial charge in [-0.3, -0.25) is 9.78 Å². The molecule has 0 aliphatic rings. The topological polar surface area (TPSA) is 56.0 Å². The first kappa shape index (κ1) is 15.0. The Kier molecular flexibility index (Phi) is 3.52. The lowest BCUT2D eigenvalue weighted by molar-refractivity contribution is -0.137. The number of fused-ring (bicyclic) bond motifs is 1. The Bertz CT molecular complexity index is 886. The predicted molar refractivity (Wildman–Crippen MR) is 80.7 cm³/mol. The Balaban J connectivity index is 2.06. The molecule has 1 heterocycles. The molecule has 0 saturated carbocycles. The second-order valence-electron chi connectivity index (χ2n) is 5.04. The Hall–Kier alpha value is -2.89. The van der Waals surface area contributed by atoms with E-state index in [2.05, 4.69) is 4.98 Å². The third-order valence-electron chi connectivity index (χ3n) is 3.52. The lowest BCUT2D eigenvalue weighted by Crippen LogP contribution is -2.11. The summed E-state index contributed by atoms with van der Waals surface area (Å²) in [5.41, 5.74) is 6.64. The van der Waals surface area contributed by atoms with Crippen LogP contribution >= 0.6 is 0 Å². The van der Waals surface area contributed by atoms with Crippen LogP contribution in [0.5, 0.6) is 0 Å². The summed E-state index contributed by atoms with van der Waals surface area (Å²) in [5, 5.41) is 0.693. The molecule has 0 aliphatic heterocycles. The molecular weight excluding hydrogens is 305 g/mol. The number of hydrogen-bond acceptors (Lipinski definition) is 2. The molecule has 0 saturated heterocycles. The van der Waals surface area contributed by atoms with Gasteiger partial charge in [0.2, 0.25) is 0 Å². The Morgan fingerprint density at radius 1 is 1.00 bits per heavy atom. The lowest BCUT2D eigenvalue weighted by atomic mass is 10.0. The van der Waals surface area contributed by atoms with Gasteiger partial charge in [0.15, 0.2) is 0 Å². The van der Waals surface area contributed by atoms with Crippen LogP contribution in [0.4, 0.5) is 13.2 Å². The second-order valence-corrected chi connectivity index (χ2v) is 5.04. The largest absolute Gasteiger partial charge is 0.416 e. The van der Waals surface area contributed by atoms with Crippen LogP contribution in [-0.4, -0.2) is 10.9 Å². The van der Waals surface area contributed by atoms with E-state index in [4.69, 9.17) is 5.73 Å². The molecule has 6 heteroatoms. The number of carbonyl (C=O) groups excluding carboxylic acids is 1.